The molecule has 134 valence electrons. The third-order valence-electron chi connectivity index (χ3n) is 3.35. The van der Waals surface area contributed by atoms with Crippen LogP contribution in [0.4, 0.5) is 35.9 Å². The molecule has 26 heavy (non-hydrogen) atoms. The Morgan fingerprint density at radius 1 is 1.00 bits per heavy atom. The van der Waals surface area contributed by atoms with Crippen LogP contribution in [0.1, 0.15) is 5.56 Å². The van der Waals surface area contributed by atoms with Gasteiger partial charge in [0.25, 0.3) is 0 Å². The SMILES string of the molecule is O=[N+]([O-])c1cc([N+](=O)[O-])c2nonc2c1Nc1cccc(C(F)(F)F)c1. The molecule has 2 aromatic carbocycles. The minimum absolute atomic E-state index is 0.138. The van der Waals surface area contributed by atoms with Crippen molar-refractivity contribution < 1.29 is 27.6 Å². The first-order chi connectivity index (χ1) is 12.2. The first-order valence-corrected chi connectivity index (χ1v) is 6.71. The number of nitrogens with zero attached hydrogens (tertiary/aromatic N) is 4. The van der Waals surface area contributed by atoms with E-state index < -0.39 is 33.0 Å². The van der Waals surface area contributed by atoms with E-state index in [1.165, 1.54) is 6.07 Å². The molecule has 0 atom stereocenters. The quantitative estimate of drug-likeness (QED) is 0.541. The smallest absolute Gasteiger partial charge is 0.348 e. The number of non-ortho nitro benzene ring substituents is 1. The zero-order chi connectivity index (χ0) is 19.1. The van der Waals surface area contributed by atoms with Gasteiger partial charge in [-0.2, -0.15) is 13.2 Å². The summed E-state index contributed by atoms with van der Waals surface area (Å²) in [5.74, 6) is 0. The fourth-order valence-electron chi connectivity index (χ4n) is 2.24. The first-order valence-electron chi connectivity index (χ1n) is 6.71. The van der Waals surface area contributed by atoms with Crippen molar-refractivity contribution in [2.75, 3.05) is 5.32 Å². The zero-order valence-corrected chi connectivity index (χ0v) is 12.4. The Labute approximate surface area is 140 Å². The van der Waals surface area contributed by atoms with E-state index in [9.17, 15) is 33.4 Å². The van der Waals surface area contributed by atoms with E-state index in [0.29, 0.717) is 6.07 Å². The summed E-state index contributed by atoms with van der Waals surface area (Å²) in [6.07, 6.45) is -4.62. The number of anilines is 2. The monoisotopic (exact) mass is 369 g/mol. The second-order valence-corrected chi connectivity index (χ2v) is 4.97. The third kappa shape index (κ3) is 2.97. The van der Waals surface area contributed by atoms with E-state index in [4.69, 9.17) is 0 Å². The number of nitro groups is 2. The molecule has 13 heteroatoms. The lowest BCUT2D eigenvalue weighted by molar-refractivity contribution is -0.392. The number of aromatic nitrogens is 2. The van der Waals surface area contributed by atoms with Gasteiger partial charge < -0.3 is 5.32 Å². The molecule has 0 bridgehead atoms. The average Bonchev–Trinajstić information content (AvgIpc) is 3.03. The molecular formula is C13H6F3N5O5. The van der Waals surface area contributed by atoms with Gasteiger partial charge in [0.05, 0.1) is 21.5 Å². The number of nitrogens with one attached hydrogen (secondary N) is 1. The molecule has 0 saturated carbocycles. The van der Waals surface area contributed by atoms with Crippen molar-refractivity contribution in [2.45, 2.75) is 6.18 Å². The van der Waals surface area contributed by atoms with Crippen LogP contribution in [0.2, 0.25) is 0 Å². The minimum atomic E-state index is -4.62. The summed E-state index contributed by atoms with van der Waals surface area (Å²) in [7, 11) is 0. The van der Waals surface area contributed by atoms with Crippen LogP contribution < -0.4 is 5.32 Å². The van der Waals surface area contributed by atoms with Crippen LogP contribution in [-0.2, 0) is 6.18 Å². The lowest BCUT2D eigenvalue weighted by atomic mass is 10.1. The van der Waals surface area contributed by atoms with Gasteiger partial charge in [-0.25, -0.2) is 4.63 Å². The molecule has 0 aliphatic rings. The molecule has 0 aliphatic carbocycles. The Morgan fingerprint density at radius 2 is 1.65 bits per heavy atom. The Morgan fingerprint density at radius 3 is 2.27 bits per heavy atom. The third-order valence-corrected chi connectivity index (χ3v) is 3.35. The highest BCUT2D eigenvalue weighted by Gasteiger charge is 2.32. The molecule has 3 rings (SSSR count). The van der Waals surface area contributed by atoms with Crippen molar-refractivity contribution in [3.05, 3.63) is 56.1 Å². The largest absolute Gasteiger partial charge is 0.416 e. The Hall–Kier alpha value is -3.77. The van der Waals surface area contributed by atoms with E-state index in [-0.39, 0.29) is 22.4 Å². The molecule has 1 aromatic heterocycles. The topological polar surface area (TPSA) is 137 Å². The van der Waals surface area contributed by atoms with Gasteiger partial charge in [0.15, 0.2) is 5.52 Å². The summed E-state index contributed by atoms with van der Waals surface area (Å²) in [6, 6.07) is 4.51. The van der Waals surface area contributed by atoms with Crippen molar-refractivity contribution in [1.29, 1.82) is 0 Å². The van der Waals surface area contributed by atoms with Crippen molar-refractivity contribution in [2.24, 2.45) is 0 Å². The molecule has 10 nitrogen and oxygen atoms in total. The molecule has 0 saturated heterocycles. The Bertz CT molecular complexity index is 1030. The van der Waals surface area contributed by atoms with E-state index in [2.05, 4.69) is 20.3 Å². The van der Waals surface area contributed by atoms with Crippen LogP contribution in [0.25, 0.3) is 11.0 Å². The summed E-state index contributed by atoms with van der Waals surface area (Å²) >= 11 is 0. The van der Waals surface area contributed by atoms with Crippen LogP contribution in [-0.4, -0.2) is 20.2 Å². The van der Waals surface area contributed by atoms with E-state index >= 15 is 0 Å². The van der Waals surface area contributed by atoms with Gasteiger partial charge in [0, 0.05) is 5.69 Å². The fraction of sp³-hybridized carbons (Fsp3) is 0.0769. The minimum Gasteiger partial charge on any atom is -0.348 e. The summed E-state index contributed by atoms with van der Waals surface area (Å²) in [5.41, 5.74) is -3.72. The molecule has 0 aliphatic heterocycles. The number of benzene rings is 2. The molecule has 0 fully saturated rings. The maximum Gasteiger partial charge on any atom is 0.416 e. The number of halogens is 3. The molecule has 0 radical (unpaired) electrons. The second kappa shape index (κ2) is 5.94. The highest BCUT2D eigenvalue weighted by Crippen LogP contribution is 2.39. The standard InChI is InChI=1S/C13H6F3N5O5/c14-13(15,16)6-2-1-3-7(4-6)17-10-8(20(22)23)5-9(21(24)25)11-12(10)19-26-18-11/h1-5,17H. The van der Waals surface area contributed by atoms with Gasteiger partial charge in [-0.05, 0) is 28.5 Å². The fourth-order valence-corrected chi connectivity index (χ4v) is 2.24. The van der Waals surface area contributed by atoms with Crippen molar-refractivity contribution in [3.8, 4) is 0 Å². The number of alkyl halides is 3. The van der Waals surface area contributed by atoms with Gasteiger partial charge >= 0.3 is 17.6 Å². The molecule has 3 aromatic rings. The zero-order valence-electron chi connectivity index (χ0n) is 12.4. The summed E-state index contributed by atoms with van der Waals surface area (Å²) in [6.45, 7) is 0. The summed E-state index contributed by atoms with van der Waals surface area (Å²) < 4.78 is 42.8. The number of rotatable bonds is 4. The van der Waals surface area contributed by atoms with Crippen LogP contribution in [0.5, 0.6) is 0 Å². The van der Waals surface area contributed by atoms with E-state index in [1.807, 2.05) is 0 Å². The maximum absolute atomic E-state index is 12.8. The number of nitro benzene ring substituents is 2. The van der Waals surface area contributed by atoms with Gasteiger partial charge in [0.1, 0.15) is 5.69 Å². The van der Waals surface area contributed by atoms with Crippen molar-refractivity contribution in [3.63, 3.8) is 0 Å². The van der Waals surface area contributed by atoms with Gasteiger partial charge in [-0.1, -0.05) is 6.07 Å². The number of fused-ring (bicyclic) bond motifs is 1. The lowest BCUT2D eigenvalue weighted by Gasteiger charge is -2.11. The predicted octanol–water partition coefficient (Wildman–Crippen LogP) is 3.80. The van der Waals surface area contributed by atoms with Crippen LogP contribution in [0.15, 0.2) is 35.0 Å². The average molecular weight is 369 g/mol. The Balaban J connectivity index is 2.18. The predicted molar refractivity (Wildman–Crippen MR) is 79.8 cm³/mol. The number of hydrogen-bond acceptors (Lipinski definition) is 8. The van der Waals surface area contributed by atoms with Gasteiger partial charge in [0.2, 0.25) is 5.52 Å². The normalized spacial score (nSPS) is 11.5. The van der Waals surface area contributed by atoms with Crippen LogP contribution in [0.3, 0.4) is 0 Å². The number of hydrogen-bond donors (Lipinski definition) is 1. The molecular weight excluding hydrogens is 363 g/mol. The van der Waals surface area contributed by atoms with E-state index in [1.54, 1.807) is 0 Å². The van der Waals surface area contributed by atoms with E-state index in [0.717, 1.165) is 18.2 Å². The van der Waals surface area contributed by atoms with Crippen LogP contribution in [0, 0.1) is 20.2 Å². The maximum atomic E-state index is 12.8. The van der Waals surface area contributed by atoms with Crippen molar-refractivity contribution >= 4 is 33.8 Å². The van der Waals surface area contributed by atoms with Crippen LogP contribution >= 0.6 is 0 Å². The van der Waals surface area contributed by atoms with Gasteiger partial charge in [-0.15, -0.1) is 0 Å². The highest BCUT2D eigenvalue weighted by molar-refractivity contribution is 6.00. The first kappa shape index (κ1) is 17.1. The van der Waals surface area contributed by atoms with Crippen molar-refractivity contribution in [1.82, 2.24) is 10.3 Å². The molecule has 1 heterocycles. The highest BCUT2D eigenvalue weighted by atomic mass is 19.4. The summed E-state index contributed by atoms with van der Waals surface area (Å²) in [5, 5.41) is 31.5. The molecule has 0 spiro atoms. The Kier molecular flexibility index (Phi) is 3.90. The van der Waals surface area contributed by atoms with Gasteiger partial charge in [-0.3, -0.25) is 20.2 Å². The lowest BCUT2D eigenvalue weighted by Crippen LogP contribution is -2.06. The molecule has 0 amide bonds. The molecule has 1 N–H and O–H groups in total. The summed E-state index contributed by atoms with van der Waals surface area (Å²) in [4.78, 5) is 20.5. The molecule has 0 unspecified atom stereocenters. The second-order valence-electron chi connectivity index (χ2n) is 4.97.